The zero-order valence-corrected chi connectivity index (χ0v) is 9.97. The van der Waals surface area contributed by atoms with Crippen molar-refractivity contribution in [3.05, 3.63) is 24.1 Å². The number of fused-ring (bicyclic) bond motifs is 5. The minimum Gasteiger partial charge on any atom is -0.310 e. The molecule has 3 fully saturated rings. The number of nitrogens with zero attached hydrogens (tertiary/aromatic N) is 1. The first-order valence-corrected chi connectivity index (χ1v) is 6.67. The summed E-state index contributed by atoms with van der Waals surface area (Å²) in [6, 6.07) is 4.48. The second-order valence-corrected chi connectivity index (χ2v) is 5.85. The molecule has 1 aromatic rings. The van der Waals surface area contributed by atoms with Gasteiger partial charge in [-0.15, -0.1) is 0 Å². The molecule has 4 atom stereocenters. The number of rotatable bonds is 2. The molecule has 0 radical (unpaired) electrons. The Balaban J connectivity index is 1.47. The molecule has 4 heteroatoms. The smallest absolute Gasteiger partial charge is 0.229 e. The van der Waals surface area contributed by atoms with E-state index in [2.05, 4.69) is 10.3 Å². The summed E-state index contributed by atoms with van der Waals surface area (Å²) >= 11 is 0. The van der Waals surface area contributed by atoms with Gasteiger partial charge in [0, 0.05) is 5.92 Å². The normalized spacial score (nSPS) is 39.5. The van der Waals surface area contributed by atoms with Gasteiger partial charge in [0.15, 0.2) is 0 Å². The van der Waals surface area contributed by atoms with E-state index in [4.69, 9.17) is 0 Å². The van der Waals surface area contributed by atoms with Gasteiger partial charge in [-0.1, -0.05) is 6.07 Å². The molecular formula is C14H15FN2O. The number of hydrogen-bond acceptors (Lipinski definition) is 2. The third-order valence-corrected chi connectivity index (χ3v) is 5.00. The highest BCUT2D eigenvalue weighted by molar-refractivity contribution is 5.94. The fourth-order valence-electron chi connectivity index (χ4n) is 4.36. The van der Waals surface area contributed by atoms with E-state index in [9.17, 15) is 9.18 Å². The van der Waals surface area contributed by atoms with E-state index in [0.717, 1.165) is 11.8 Å². The molecule has 3 aliphatic carbocycles. The maximum absolute atomic E-state index is 12.9. The Bertz CT molecular complexity index is 502. The number of nitrogens with one attached hydrogen (secondary N) is 1. The summed E-state index contributed by atoms with van der Waals surface area (Å²) in [5.41, 5.74) is 0. The Morgan fingerprint density at radius 2 is 2.00 bits per heavy atom. The van der Waals surface area contributed by atoms with Crippen molar-refractivity contribution >= 4 is 11.7 Å². The highest BCUT2D eigenvalue weighted by Crippen LogP contribution is 2.69. The van der Waals surface area contributed by atoms with Crippen molar-refractivity contribution in [2.24, 2.45) is 29.6 Å². The maximum Gasteiger partial charge on any atom is 0.229 e. The Morgan fingerprint density at radius 1 is 1.28 bits per heavy atom. The zero-order valence-electron chi connectivity index (χ0n) is 9.97. The van der Waals surface area contributed by atoms with E-state index >= 15 is 0 Å². The minimum atomic E-state index is -0.552. The molecule has 18 heavy (non-hydrogen) atoms. The van der Waals surface area contributed by atoms with Crippen molar-refractivity contribution in [3.8, 4) is 0 Å². The summed E-state index contributed by atoms with van der Waals surface area (Å²) in [7, 11) is 0. The van der Waals surface area contributed by atoms with Crippen molar-refractivity contribution < 1.29 is 9.18 Å². The van der Waals surface area contributed by atoms with Gasteiger partial charge in [0.05, 0.1) is 0 Å². The first kappa shape index (κ1) is 10.5. The largest absolute Gasteiger partial charge is 0.310 e. The van der Waals surface area contributed by atoms with Gasteiger partial charge in [0.1, 0.15) is 5.82 Å². The lowest BCUT2D eigenvalue weighted by atomic mass is 10.0. The van der Waals surface area contributed by atoms with E-state index in [1.807, 2.05) is 0 Å². The number of hydrogen-bond donors (Lipinski definition) is 1. The molecule has 1 N–H and O–H groups in total. The lowest BCUT2D eigenvalue weighted by molar-refractivity contribution is -0.118. The monoisotopic (exact) mass is 246 g/mol. The predicted molar refractivity (Wildman–Crippen MR) is 64.1 cm³/mol. The fourth-order valence-corrected chi connectivity index (χ4v) is 4.36. The van der Waals surface area contributed by atoms with Crippen LogP contribution in [0.3, 0.4) is 0 Å². The molecule has 3 aliphatic rings. The lowest BCUT2D eigenvalue weighted by Gasteiger charge is -2.08. The van der Waals surface area contributed by atoms with Crippen LogP contribution in [0.4, 0.5) is 10.2 Å². The van der Waals surface area contributed by atoms with Crippen molar-refractivity contribution in [1.82, 2.24) is 4.98 Å². The quantitative estimate of drug-likeness (QED) is 0.814. The van der Waals surface area contributed by atoms with Crippen molar-refractivity contribution in [2.75, 3.05) is 5.32 Å². The van der Waals surface area contributed by atoms with Crippen LogP contribution < -0.4 is 5.32 Å². The first-order valence-electron chi connectivity index (χ1n) is 6.67. The highest BCUT2D eigenvalue weighted by Gasteiger charge is 2.67. The van der Waals surface area contributed by atoms with E-state index < -0.39 is 5.95 Å². The Kier molecular flexibility index (Phi) is 2.05. The van der Waals surface area contributed by atoms with Crippen LogP contribution in [0.25, 0.3) is 0 Å². The SMILES string of the molecule is O=C(Nc1cccc(F)n1)C1C2C3CCC(C3)C12. The van der Waals surface area contributed by atoms with Gasteiger partial charge >= 0.3 is 0 Å². The summed E-state index contributed by atoms with van der Waals surface area (Å²) in [6.45, 7) is 0. The van der Waals surface area contributed by atoms with Crippen LogP contribution in [-0.2, 0) is 4.79 Å². The molecule has 0 spiro atoms. The second-order valence-electron chi connectivity index (χ2n) is 5.85. The molecule has 0 aromatic carbocycles. The Hall–Kier alpha value is -1.45. The average molecular weight is 246 g/mol. The predicted octanol–water partition coefficient (Wildman–Crippen LogP) is 2.45. The summed E-state index contributed by atoms with van der Waals surface area (Å²) in [4.78, 5) is 15.8. The van der Waals surface area contributed by atoms with Crippen LogP contribution in [0.1, 0.15) is 19.3 Å². The Morgan fingerprint density at radius 3 is 2.67 bits per heavy atom. The summed E-state index contributed by atoms with van der Waals surface area (Å²) < 4.78 is 12.9. The van der Waals surface area contributed by atoms with Crippen molar-refractivity contribution in [3.63, 3.8) is 0 Å². The zero-order chi connectivity index (χ0) is 12.3. The van der Waals surface area contributed by atoms with E-state index in [-0.39, 0.29) is 11.8 Å². The van der Waals surface area contributed by atoms with Crippen LogP contribution >= 0.6 is 0 Å². The molecule has 1 amide bonds. The van der Waals surface area contributed by atoms with Gasteiger partial charge < -0.3 is 5.32 Å². The Labute approximate surface area is 105 Å². The molecule has 94 valence electrons. The molecule has 2 bridgehead atoms. The fraction of sp³-hybridized carbons (Fsp3) is 0.571. The summed E-state index contributed by atoms with van der Waals surface area (Å²) in [5.74, 6) is 2.75. The van der Waals surface area contributed by atoms with Crippen LogP contribution in [0.5, 0.6) is 0 Å². The molecule has 1 heterocycles. The lowest BCUT2D eigenvalue weighted by Crippen LogP contribution is -2.19. The molecule has 4 rings (SSSR count). The average Bonchev–Trinajstić information content (AvgIpc) is 2.79. The molecular weight excluding hydrogens is 231 g/mol. The molecule has 4 unspecified atom stereocenters. The highest BCUT2D eigenvalue weighted by atomic mass is 19.1. The molecule has 0 aliphatic heterocycles. The summed E-state index contributed by atoms with van der Waals surface area (Å²) in [5, 5.41) is 2.75. The first-order chi connectivity index (χ1) is 8.74. The number of anilines is 1. The minimum absolute atomic E-state index is 0.0414. The van der Waals surface area contributed by atoms with Gasteiger partial charge in [-0.25, -0.2) is 4.98 Å². The number of halogens is 1. The standard InChI is InChI=1S/C14H15FN2O/c15-9-2-1-3-10(16-9)17-14(18)13-11-7-4-5-8(6-7)12(11)13/h1-3,7-8,11-13H,4-6H2,(H,16,17,18). The molecule has 1 aromatic heterocycles. The van der Waals surface area contributed by atoms with Gasteiger partial charge in [0.25, 0.3) is 0 Å². The maximum atomic E-state index is 12.9. The van der Waals surface area contributed by atoms with E-state index in [0.29, 0.717) is 17.7 Å². The molecule has 3 saturated carbocycles. The van der Waals surface area contributed by atoms with Gasteiger partial charge in [-0.05, 0) is 55.1 Å². The number of amides is 1. The second kappa shape index (κ2) is 3.53. The van der Waals surface area contributed by atoms with Gasteiger partial charge in [-0.3, -0.25) is 4.79 Å². The van der Waals surface area contributed by atoms with Crippen LogP contribution in [-0.4, -0.2) is 10.9 Å². The summed E-state index contributed by atoms with van der Waals surface area (Å²) in [6.07, 6.45) is 3.93. The molecule has 0 saturated heterocycles. The molecule has 3 nitrogen and oxygen atoms in total. The van der Waals surface area contributed by atoms with Crippen molar-refractivity contribution in [2.45, 2.75) is 19.3 Å². The van der Waals surface area contributed by atoms with Crippen LogP contribution in [0.15, 0.2) is 18.2 Å². The van der Waals surface area contributed by atoms with E-state index in [1.165, 1.54) is 25.3 Å². The third kappa shape index (κ3) is 1.41. The number of carbonyl (C=O) groups is 1. The van der Waals surface area contributed by atoms with Crippen LogP contribution in [0.2, 0.25) is 0 Å². The van der Waals surface area contributed by atoms with Crippen LogP contribution in [0, 0.1) is 35.5 Å². The topological polar surface area (TPSA) is 42.0 Å². The number of pyridine rings is 1. The number of aromatic nitrogens is 1. The number of carbonyl (C=O) groups excluding carboxylic acids is 1. The van der Waals surface area contributed by atoms with Gasteiger partial charge in [0.2, 0.25) is 11.9 Å². The van der Waals surface area contributed by atoms with E-state index in [1.54, 1.807) is 12.1 Å². The van der Waals surface area contributed by atoms with Gasteiger partial charge in [-0.2, -0.15) is 4.39 Å². The van der Waals surface area contributed by atoms with Crippen molar-refractivity contribution in [1.29, 1.82) is 0 Å². The third-order valence-electron chi connectivity index (χ3n) is 5.00.